The van der Waals surface area contributed by atoms with Gasteiger partial charge in [0.05, 0.1) is 6.33 Å². The van der Waals surface area contributed by atoms with Gasteiger partial charge in [0.1, 0.15) is 5.82 Å². The number of aromatic nitrogens is 2. The minimum atomic E-state index is -0.208. The molecule has 0 unspecified atom stereocenters. The van der Waals surface area contributed by atoms with Gasteiger partial charge in [-0.1, -0.05) is 83.7 Å². The first-order valence-corrected chi connectivity index (χ1v) is 9.69. The van der Waals surface area contributed by atoms with E-state index < -0.39 is 0 Å². The number of aryl methyl sites for hydroxylation is 2. The van der Waals surface area contributed by atoms with Crippen molar-refractivity contribution in [3.05, 3.63) is 128 Å². The summed E-state index contributed by atoms with van der Waals surface area (Å²) in [4.78, 5) is 4.00. The number of imidazole rings is 1. The van der Waals surface area contributed by atoms with E-state index in [1.165, 1.54) is 11.6 Å². The third-order valence-corrected chi connectivity index (χ3v) is 4.66. The van der Waals surface area contributed by atoms with Crippen LogP contribution >= 0.6 is 0 Å². The van der Waals surface area contributed by atoms with Gasteiger partial charge >= 0.3 is 0 Å². The SMILES string of the molecule is C=CB(c1ccccc1)c1cccc(F)c1.c1ccc(CCn2ccnc2)cc1. The van der Waals surface area contributed by atoms with Crippen LogP contribution in [0.25, 0.3) is 0 Å². The van der Waals surface area contributed by atoms with Crippen molar-refractivity contribution in [3.8, 4) is 0 Å². The van der Waals surface area contributed by atoms with E-state index in [0.717, 1.165) is 23.9 Å². The lowest BCUT2D eigenvalue weighted by Gasteiger charge is -2.09. The lowest BCUT2D eigenvalue weighted by atomic mass is 9.41. The first-order chi connectivity index (χ1) is 14.3. The van der Waals surface area contributed by atoms with E-state index >= 15 is 0 Å². The Bertz CT molecular complexity index is 986. The molecule has 0 N–H and O–H groups in total. The molecule has 144 valence electrons. The van der Waals surface area contributed by atoms with Crippen LogP contribution in [0.15, 0.2) is 116 Å². The maximum Gasteiger partial charge on any atom is 0.233 e. The zero-order chi connectivity index (χ0) is 20.3. The first-order valence-electron chi connectivity index (χ1n) is 9.69. The second-order valence-corrected chi connectivity index (χ2v) is 6.72. The molecule has 1 aromatic heterocycles. The average Bonchev–Trinajstić information content (AvgIpc) is 3.29. The van der Waals surface area contributed by atoms with Crippen molar-refractivity contribution in [2.45, 2.75) is 13.0 Å². The lowest BCUT2D eigenvalue weighted by molar-refractivity contribution is 0.629. The third-order valence-electron chi connectivity index (χ3n) is 4.66. The van der Waals surface area contributed by atoms with E-state index in [4.69, 9.17) is 0 Å². The molecule has 3 aromatic carbocycles. The van der Waals surface area contributed by atoms with Crippen molar-refractivity contribution < 1.29 is 4.39 Å². The molecule has 0 fully saturated rings. The predicted octanol–water partition coefficient (Wildman–Crippen LogP) is 4.29. The van der Waals surface area contributed by atoms with E-state index in [2.05, 4.69) is 40.4 Å². The monoisotopic (exact) mass is 382 g/mol. The summed E-state index contributed by atoms with van der Waals surface area (Å²) in [6.07, 6.45) is 6.72. The summed E-state index contributed by atoms with van der Waals surface area (Å²) in [6, 6.07) is 27.1. The Kier molecular flexibility index (Phi) is 7.59. The summed E-state index contributed by atoms with van der Waals surface area (Å²) < 4.78 is 15.2. The van der Waals surface area contributed by atoms with Crippen LogP contribution in [-0.2, 0) is 13.0 Å². The molecule has 0 aliphatic carbocycles. The van der Waals surface area contributed by atoms with E-state index in [1.54, 1.807) is 12.1 Å². The highest BCUT2D eigenvalue weighted by Crippen LogP contribution is 2.01. The molecule has 0 aliphatic heterocycles. The van der Waals surface area contributed by atoms with Gasteiger partial charge in [-0.2, -0.15) is 0 Å². The number of halogens is 1. The summed E-state index contributed by atoms with van der Waals surface area (Å²) >= 11 is 0. The molecule has 0 bridgehead atoms. The lowest BCUT2D eigenvalue weighted by Crippen LogP contribution is -2.40. The molecule has 4 rings (SSSR count). The van der Waals surface area contributed by atoms with E-state index in [0.29, 0.717) is 0 Å². The Labute approximate surface area is 172 Å². The molecule has 0 atom stereocenters. The van der Waals surface area contributed by atoms with Crippen molar-refractivity contribution in [3.63, 3.8) is 0 Å². The van der Waals surface area contributed by atoms with Gasteiger partial charge in [-0.25, -0.2) is 9.37 Å². The van der Waals surface area contributed by atoms with Crippen LogP contribution in [-0.4, -0.2) is 16.3 Å². The van der Waals surface area contributed by atoms with E-state index in [-0.39, 0.29) is 12.5 Å². The fourth-order valence-electron chi connectivity index (χ4n) is 3.15. The number of nitrogens with zero attached hydrogens (tertiary/aromatic N) is 2. The highest BCUT2D eigenvalue weighted by molar-refractivity contribution is 6.89. The molecule has 0 spiro atoms. The van der Waals surface area contributed by atoms with Crippen molar-refractivity contribution in [2.75, 3.05) is 0 Å². The fourth-order valence-corrected chi connectivity index (χ4v) is 3.15. The topological polar surface area (TPSA) is 17.8 Å². The number of rotatable bonds is 6. The molecule has 4 heteroatoms. The van der Waals surface area contributed by atoms with E-state index in [1.807, 2.05) is 67.2 Å². The van der Waals surface area contributed by atoms with Crippen molar-refractivity contribution in [1.29, 1.82) is 0 Å². The summed E-state index contributed by atoms with van der Waals surface area (Å²) in [5, 5.41) is 0. The standard InChI is InChI=1S/C14H12BF.C11H12N2/c1-2-15(12-7-4-3-5-8-12)13-9-6-10-14(16)11-13;1-2-4-11(5-3-1)6-8-13-9-7-12-10-13/h2-11H,1H2;1-5,7,9-10H,6,8H2. The van der Waals surface area contributed by atoms with Gasteiger partial charge in [0.15, 0.2) is 0 Å². The molecule has 0 aliphatic rings. The maximum absolute atomic E-state index is 13.1. The van der Waals surface area contributed by atoms with Gasteiger partial charge in [-0.05, 0) is 24.1 Å². The van der Waals surface area contributed by atoms with Gasteiger partial charge in [0, 0.05) is 18.9 Å². The maximum atomic E-state index is 13.1. The zero-order valence-corrected chi connectivity index (χ0v) is 16.4. The average molecular weight is 382 g/mol. The van der Waals surface area contributed by atoms with Gasteiger partial charge < -0.3 is 4.57 Å². The molecule has 0 radical (unpaired) electrons. The molecule has 2 nitrogen and oxygen atoms in total. The highest BCUT2D eigenvalue weighted by atomic mass is 19.1. The predicted molar refractivity (Wildman–Crippen MR) is 120 cm³/mol. The fraction of sp³-hybridized carbons (Fsp3) is 0.0800. The third kappa shape index (κ3) is 6.32. The molecule has 0 saturated carbocycles. The molecule has 0 saturated heterocycles. The zero-order valence-electron chi connectivity index (χ0n) is 16.4. The second kappa shape index (κ2) is 10.8. The Morgan fingerprint density at radius 1 is 0.897 bits per heavy atom. The summed E-state index contributed by atoms with van der Waals surface area (Å²) in [7, 11) is 0. The van der Waals surface area contributed by atoms with Crippen LogP contribution in [0, 0.1) is 5.82 Å². The molecule has 29 heavy (non-hydrogen) atoms. The Hall–Kier alpha value is -3.40. The van der Waals surface area contributed by atoms with Crippen molar-refractivity contribution in [2.24, 2.45) is 0 Å². The van der Waals surface area contributed by atoms with Gasteiger partial charge in [0.2, 0.25) is 6.71 Å². The van der Waals surface area contributed by atoms with Crippen molar-refractivity contribution in [1.82, 2.24) is 9.55 Å². The second-order valence-electron chi connectivity index (χ2n) is 6.72. The van der Waals surface area contributed by atoms with Crippen LogP contribution < -0.4 is 10.9 Å². The quantitative estimate of drug-likeness (QED) is 0.455. The van der Waals surface area contributed by atoms with Crippen molar-refractivity contribution >= 4 is 17.6 Å². The summed E-state index contributed by atoms with van der Waals surface area (Å²) in [5.74, 6) is 1.63. The molecular formula is C25H24BFN2. The van der Waals surface area contributed by atoms with Crippen LogP contribution in [0.5, 0.6) is 0 Å². The number of benzene rings is 3. The Morgan fingerprint density at radius 3 is 2.21 bits per heavy atom. The van der Waals surface area contributed by atoms with Crippen LogP contribution in [0.2, 0.25) is 0 Å². The smallest absolute Gasteiger partial charge is 0.233 e. The Balaban J connectivity index is 0.000000169. The van der Waals surface area contributed by atoms with Crippen LogP contribution in [0.1, 0.15) is 5.56 Å². The molecule has 0 amide bonds. The van der Waals surface area contributed by atoms with Gasteiger partial charge in [0.25, 0.3) is 0 Å². The normalized spacial score (nSPS) is 9.97. The minimum Gasteiger partial charge on any atom is -0.337 e. The Morgan fingerprint density at radius 2 is 1.59 bits per heavy atom. The molecular weight excluding hydrogens is 358 g/mol. The minimum absolute atomic E-state index is 0.0527. The van der Waals surface area contributed by atoms with Crippen LogP contribution in [0.3, 0.4) is 0 Å². The molecule has 1 heterocycles. The first kappa shape index (κ1) is 20.3. The largest absolute Gasteiger partial charge is 0.337 e. The van der Waals surface area contributed by atoms with Gasteiger partial charge in [-0.3, -0.25) is 0 Å². The number of hydrogen-bond acceptors (Lipinski definition) is 1. The van der Waals surface area contributed by atoms with Crippen LogP contribution in [0.4, 0.5) is 4.39 Å². The number of hydrogen-bond donors (Lipinski definition) is 0. The summed E-state index contributed by atoms with van der Waals surface area (Å²) in [5.41, 5.74) is 3.43. The van der Waals surface area contributed by atoms with Gasteiger partial charge in [-0.15, -0.1) is 12.6 Å². The highest BCUT2D eigenvalue weighted by Gasteiger charge is 2.14. The molecule has 4 aromatic rings. The van der Waals surface area contributed by atoms with E-state index in [9.17, 15) is 4.39 Å². The summed E-state index contributed by atoms with van der Waals surface area (Å²) in [6.45, 7) is 4.88.